The molecule has 6 heteroatoms. The molecule has 110 valence electrons. The van der Waals surface area contributed by atoms with Gasteiger partial charge in [-0.3, -0.25) is 4.90 Å². The van der Waals surface area contributed by atoms with Gasteiger partial charge in [0.1, 0.15) is 17.5 Å². The Morgan fingerprint density at radius 2 is 2.05 bits per heavy atom. The Morgan fingerprint density at radius 1 is 1.29 bits per heavy atom. The maximum atomic E-state index is 13.8. The highest BCUT2D eigenvalue weighted by atomic mass is 35.5. The molecule has 0 amide bonds. The van der Waals surface area contributed by atoms with Crippen molar-refractivity contribution >= 4 is 11.6 Å². The third-order valence-corrected chi connectivity index (χ3v) is 4.06. The molecule has 0 spiro atoms. The van der Waals surface area contributed by atoms with Crippen LogP contribution in [0.15, 0.2) is 18.3 Å². The third-order valence-electron chi connectivity index (χ3n) is 3.65. The van der Waals surface area contributed by atoms with Gasteiger partial charge in [-0.25, -0.2) is 18.7 Å². The van der Waals surface area contributed by atoms with Crippen molar-refractivity contribution in [3.8, 4) is 0 Å². The van der Waals surface area contributed by atoms with Crippen molar-refractivity contribution in [2.45, 2.75) is 26.4 Å². The van der Waals surface area contributed by atoms with E-state index >= 15 is 0 Å². The van der Waals surface area contributed by atoms with Gasteiger partial charge in [-0.2, -0.15) is 0 Å². The van der Waals surface area contributed by atoms with Crippen LogP contribution in [-0.4, -0.2) is 21.4 Å². The molecule has 2 aromatic rings. The molecule has 1 aromatic heterocycles. The molecule has 2 heterocycles. The standard InChI is InChI=1S/C15H14ClF2N3/c1-9-19-6-10-7-21(5-4-14(10)20-9)8-11-12(17)2-3-13(18)15(11)16/h2-3,6H,4-5,7-8H2,1H3. The van der Waals surface area contributed by atoms with Crippen molar-refractivity contribution in [1.82, 2.24) is 14.9 Å². The summed E-state index contributed by atoms with van der Waals surface area (Å²) in [6.45, 7) is 3.47. The van der Waals surface area contributed by atoms with Gasteiger partial charge in [0.2, 0.25) is 0 Å². The topological polar surface area (TPSA) is 29.0 Å². The van der Waals surface area contributed by atoms with Crippen molar-refractivity contribution in [2.75, 3.05) is 6.54 Å². The number of hydrogen-bond donors (Lipinski definition) is 0. The van der Waals surface area contributed by atoms with Crippen molar-refractivity contribution < 1.29 is 8.78 Å². The molecular formula is C15H14ClF2N3. The molecule has 1 aliphatic heterocycles. The van der Waals surface area contributed by atoms with E-state index in [2.05, 4.69) is 9.97 Å². The Morgan fingerprint density at radius 3 is 2.86 bits per heavy atom. The van der Waals surface area contributed by atoms with Crippen LogP contribution in [0.3, 0.4) is 0 Å². The number of nitrogens with zero attached hydrogens (tertiary/aromatic N) is 3. The predicted octanol–water partition coefficient (Wildman–Crippen LogP) is 3.27. The molecule has 1 aromatic carbocycles. The zero-order valence-electron chi connectivity index (χ0n) is 11.5. The Bertz CT molecular complexity index is 691. The van der Waals surface area contributed by atoms with Crippen LogP contribution in [0.2, 0.25) is 5.02 Å². The lowest BCUT2D eigenvalue weighted by Gasteiger charge is -2.28. The van der Waals surface area contributed by atoms with Crippen LogP contribution >= 0.6 is 11.6 Å². The summed E-state index contributed by atoms with van der Waals surface area (Å²) in [6.07, 6.45) is 2.57. The van der Waals surface area contributed by atoms with Crippen LogP contribution in [0.1, 0.15) is 22.6 Å². The molecule has 0 saturated heterocycles. The lowest BCUT2D eigenvalue weighted by atomic mass is 10.1. The molecule has 1 aliphatic rings. The van der Waals surface area contributed by atoms with Crippen LogP contribution in [-0.2, 0) is 19.5 Å². The van der Waals surface area contributed by atoms with E-state index in [0.29, 0.717) is 6.54 Å². The van der Waals surface area contributed by atoms with Gasteiger partial charge in [-0.15, -0.1) is 0 Å². The molecule has 0 N–H and O–H groups in total. The molecule has 0 radical (unpaired) electrons. The number of halogens is 3. The Hall–Kier alpha value is -1.59. The van der Waals surface area contributed by atoms with Crippen LogP contribution in [0.25, 0.3) is 0 Å². The summed E-state index contributed by atoms with van der Waals surface area (Å²) in [4.78, 5) is 10.6. The van der Waals surface area contributed by atoms with E-state index in [9.17, 15) is 8.78 Å². The van der Waals surface area contributed by atoms with E-state index in [4.69, 9.17) is 11.6 Å². The summed E-state index contributed by atoms with van der Waals surface area (Å²) in [5, 5.41) is -0.138. The van der Waals surface area contributed by atoms with Gasteiger partial charge in [0.15, 0.2) is 0 Å². The summed E-state index contributed by atoms with van der Waals surface area (Å²) in [5.41, 5.74) is 2.26. The van der Waals surface area contributed by atoms with Crippen LogP contribution in [0, 0.1) is 18.6 Å². The van der Waals surface area contributed by atoms with Crippen molar-refractivity contribution in [3.05, 3.63) is 57.6 Å². The smallest absolute Gasteiger partial charge is 0.142 e. The van der Waals surface area contributed by atoms with E-state index in [1.165, 1.54) is 0 Å². The minimum atomic E-state index is -0.593. The summed E-state index contributed by atoms with van der Waals surface area (Å²) in [6, 6.07) is 2.16. The van der Waals surface area contributed by atoms with E-state index in [1.807, 2.05) is 11.8 Å². The van der Waals surface area contributed by atoms with Gasteiger partial charge < -0.3 is 0 Å². The number of fused-ring (bicyclic) bond motifs is 1. The molecule has 21 heavy (non-hydrogen) atoms. The lowest BCUT2D eigenvalue weighted by molar-refractivity contribution is 0.239. The van der Waals surface area contributed by atoms with Gasteiger partial charge in [0.05, 0.1) is 5.02 Å². The summed E-state index contributed by atoms with van der Waals surface area (Å²) in [7, 11) is 0. The average molecular weight is 310 g/mol. The lowest BCUT2D eigenvalue weighted by Crippen LogP contribution is -2.31. The van der Waals surface area contributed by atoms with E-state index in [1.54, 1.807) is 6.20 Å². The van der Waals surface area contributed by atoms with Gasteiger partial charge in [0, 0.05) is 49.1 Å². The number of aryl methyl sites for hydroxylation is 1. The molecule has 0 fully saturated rings. The molecule has 0 aliphatic carbocycles. The van der Waals surface area contributed by atoms with Gasteiger partial charge in [-0.1, -0.05) is 11.6 Å². The maximum Gasteiger partial charge on any atom is 0.142 e. The average Bonchev–Trinajstić information content (AvgIpc) is 2.48. The van der Waals surface area contributed by atoms with Gasteiger partial charge in [0.25, 0.3) is 0 Å². The Balaban J connectivity index is 1.82. The number of aromatic nitrogens is 2. The predicted molar refractivity (Wildman–Crippen MR) is 76.0 cm³/mol. The SMILES string of the molecule is Cc1ncc2c(n1)CCN(Cc1c(F)ccc(F)c1Cl)C2. The first-order valence-electron chi connectivity index (χ1n) is 6.70. The second-order valence-corrected chi connectivity index (χ2v) is 5.55. The van der Waals surface area contributed by atoms with Crippen molar-refractivity contribution in [3.63, 3.8) is 0 Å². The maximum absolute atomic E-state index is 13.8. The van der Waals surface area contributed by atoms with Crippen LogP contribution in [0.5, 0.6) is 0 Å². The minimum Gasteiger partial charge on any atom is -0.294 e. The molecule has 3 nitrogen and oxygen atoms in total. The second kappa shape index (κ2) is 5.66. The molecule has 0 atom stereocenters. The monoisotopic (exact) mass is 309 g/mol. The van der Waals surface area contributed by atoms with E-state index < -0.39 is 11.6 Å². The van der Waals surface area contributed by atoms with Crippen molar-refractivity contribution in [2.24, 2.45) is 0 Å². The number of rotatable bonds is 2. The molecule has 0 saturated carbocycles. The molecule has 0 bridgehead atoms. The molecule has 0 unspecified atom stereocenters. The number of hydrogen-bond acceptors (Lipinski definition) is 3. The van der Waals surface area contributed by atoms with Gasteiger partial charge in [-0.05, 0) is 19.1 Å². The fourth-order valence-electron chi connectivity index (χ4n) is 2.55. The minimum absolute atomic E-state index is 0.138. The summed E-state index contributed by atoms with van der Waals surface area (Å²) < 4.78 is 27.3. The third kappa shape index (κ3) is 2.89. The molecular weight excluding hydrogens is 296 g/mol. The zero-order chi connectivity index (χ0) is 15.0. The van der Waals surface area contributed by atoms with E-state index in [-0.39, 0.29) is 17.1 Å². The fourth-order valence-corrected chi connectivity index (χ4v) is 2.76. The largest absolute Gasteiger partial charge is 0.294 e. The highest BCUT2D eigenvalue weighted by molar-refractivity contribution is 6.31. The van der Waals surface area contributed by atoms with Gasteiger partial charge >= 0.3 is 0 Å². The summed E-state index contributed by atoms with van der Waals surface area (Å²) in [5.74, 6) is -0.321. The van der Waals surface area contributed by atoms with Crippen LogP contribution in [0.4, 0.5) is 8.78 Å². The quantitative estimate of drug-likeness (QED) is 0.797. The Labute approximate surface area is 126 Å². The Kier molecular flexibility index (Phi) is 3.87. The second-order valence-electron chi connectivity index (χ2n) is 5.17. The normalized spacial score (nSPS) is 15.0. The first-order chi connectivity index (χ1) is 10.0. The first kappa shape index (κ1) is 14.4. The van der Waals surface area contributed by atoms with E-state index in [0.717, 1.165) is 42.2 Å². The zero-order valence-corrected chi connectivity index (χ0v) is 12.3. The molecule has 3 rings (SSSR count). The summed E-state index contributed by atoms with van der Waals surface area (Å²) >= 11 is 5.87. The number of benzene rings is 1. The van der Waals surface area contributed by atoms with Crippen molar-refractivity contribution in [1.29, 1.82) is 0 Å². The fraction of sp³-hybridized carbons (Fsp3) is 0.333. The first-order valence-corrected chi connectivity index (χ1v) is 7.08. The van der Waals surface area contributed by atoms with Crippen LogP contribution < -0.4 is 0 Å². The highest BCUT2D eigenvalue weighted by Crippen LogP contribution is 2.26. The highest BCUT2D eigenvalue weighted by Gasteiger charge is 2.21.